The molecule has 3 heterocycles. The summed E-state index contributed by atoms with van der Waals surface area (Å²) in [6.07, 6.45) is 2.78. The van der Waals surface area contributed by atoms with Gasteiger partial charge < -0.3 is 9.88 Å². The van der Waals surface area contributed by atoms with Gasteiger partial charge in [0.2, 0.25) is 0 Å². The molecule has 1 aliphatic heterocycles. The number of H-pyrrole nitrogens is 1. The van der Waals surface area contributed by atoms with E-state index in [0.717, 1.165) is 21.3 Å². The summed E-state index contributed by atoms with van der Waals surface area (Å²) in [6.45, 7) is -0.0186. The number of carbonyl (C=O) groups excluding carboxylic acids is 1. The Hall–Kier alpha value is -4.07. The summed E-state index contributed by atoms with van der Waals surface area (Å²) in [5.74, 6) is -0.844. The maximum atomic E-state index is 15.2. The molecule has 0 radical (unpaired) electrons. The van der Waals surface area contributed by atoms with Gasteiger partial charge in [0.15, 0.2) is 0 Å². The lowest BCUT2D eigenvalue weighted by Crippen LogP contribution is -2.38. The Bertz CT molecular complexity index is 1630. The molecule has 0 unspecified atom stereocenters. The van der Waals surface area contributed by atoms with Crippen LogP contribution in [-0.4, -0.2) is 38.4 Å². The third-order valence-electron chi connectivity index (χ3n) is 7.29. The van der Waals surface area contributed by atoms with Crippen molar-refractivity contribution in [2.24, 2.45) is 0 Å². The number of piperidine rings is 1. The average Bonchev–Trinajstić information content (AvgIpc) is 3.49. The molecule has 188 valence electrons. The van der Waals surface area contributed by atoms with Gasteiger partial charge in [-0.3, -0.25) is 9.36 Å². The first-order chi connectivity index (χ1) is 17.9. The van der Waals surface area contributed by atoms with E-state index >= 15 is 4.39 Å². The minimum Gasteiger partial charge on any atom is -0.361 e. The van der Waals surface area contributed by atoms with E-state index < -0.39 is 18.3 Å². The molecule has 1 amide bonds. The van der Waals surface area contributed by atoms with E-state index in [4.69, 9.17) is 0 Å². The molecule has 2 aromatic heterocycles. The number of nitrogens with one attached hydrogen (secondary N) is 1. The summed E-state index contributed by atoms with van der Waals surface area (Å²) in [6, 6.07) is 17.8. The monoisotopic (exact) mass is 502 g/mol. The smallest absolute Gasteiger partial charge is 0.320 e. The first-order valence-corrected chi connectivity index (χ1v) is 12.3. The predicted octanol–water partition coefficient (Wildman–Crippen LogP) is 7.05. The van der Waals surface area contributed by atoms with Crippen molar-refractivity contribution in [1.82, 2.24) is 19.4 Å². The van der Waals surface area contributed by atoms with Gasteiger partial charge in [0.1, 0.15) is 11.6 Å². The van der Waals surface area contributed by atoms with Gasteiger partial charge in [-0.2, -0.15) is 8.78 Å². The van der Waals surface area contributed by atoms with Crippen LogP contribution >= 0.6 is 0 Å². The lowest BCUT2D eigenvalue weighted by Gasteiger charge is -2.32. The van der Waals surface area contributed by atoms with Crippen LogP contribution in [0.4, 0.5) is 13.2 Å². The van der Waals surface area contributed by atoms with E-state index in [1.54, 1.807) is 35.2 Å². The van der Waals surface area contributed by atoms with Gasteiger partial charge in [0, 0.05) is 41.7 Å². The number of hydrogen-bond acceptors (Lipinski definition) is 2. The van der Waals surface area contributed by atoms with E-state index in [1.807, 2.05) is 37.4 Å². The fraction of sp³-hybridized carbons (Fsp3) is 0.241. The van der Waals surface area contributed by atoms with Gasteiger partial charge in [-0.15, -0.1) is 0 Å². The zero-order valence-electron chi connectivity index (χ0n) is 20.2. The first kappa shape index (κ1) is 23.3. The number of nitrogens with zero attached hydrogens (tertiary/aromatic N) is 3. The number of para-hydroxylation sites is 2. The molecule has 0 bridgehead atoms. The second-order valence-corrected chi connectivity index (χ2v) is 9.62. The summed E-state index contributed by atoms with van der Waals surface area (Å²) in [4.78, 5) is 22.5. The summed E-state index contributed by atoms with van der Waals surface area (Å²) >= 11 is 0. The summed E-state index contributed by atoms with van der Waals surface area (Å²) in [5.41, 5.74) is 4.57. The third-order valence-corrected chi connectivity index (χ3v) is 7.29. The molecule has 0 atom stereocenters. The third kappa shape index (κ3) is 4.06. The number of alkyl halides is 2. The lowest BCUT2D eigenvalue weighted by atomic mass is 9.95. The molecule has 37 heavy (non-hydrogen) atoms. The van der Waals surface area contributed by atoms with Crippen LogP contribution in [0, 0.1) is 12.7 Å². The molecule has 8 heteroatoms. The fourth-order valence-electron chi connectivity index (χ4n) is 5.43. The van der Waals surface area contributed by atoms with Crippen LogP contribution in [0.1, 0.15) is 47.1 Å². The van der Waals surface area contributed by atoms with Crippen LogP contribution in [0.15, 0.2) is 66.9 Å². The molecule has 0 spiro atoms. The second kappa shape index (κ2) is 9.10. The molecule has 5 aromatic rings. The highest BCUT2D eigenvalue weighted by Crippen LogP contribution is 2.35. The molecule has 1 fully saturated rings. The van der Waals surface area contributed by atoms with Crippen LogP contribution in [0.25, 0.3) is 33.1 Å². The van der Waals surface area contributed by atoms with Crippen molar-refractivity contribution < 1.29 is 18.0 Å². The Morgan fingerprint density at radius 3 is 2.59 bits per heavy atom. The minimum absolute atomic E-state index is 0.00316. The number of likely N-dealkylation sites (tertiary alicyclic amines) is 1. The molecule has 1 saturated heterocycles. The Balaban J connectivity index is 1.23. The normalized spacial score (nSPS) is 14.8. The Labute approximate surface area is 211 Å². The highest BCUT2D eigenvalue weighted by molar-refractivity contribution is 6.02. The largest absolute Gasteiger partial charge is 0.361 e. The molecule has 1 N–H and O–H groups in total. The van der Waals surface area contributed by atoms with Gasteiger partial charge in [0.25, 0.3) is 5.91 Å². The summed E-state index contributed by atoms with van der Waals surface area (Å²) in [7, 11) is 0. The average molecular weight is 503 g/mol. The fourth-order valence-corrected chi connectivity index (χ4v) is 5.43. The van der Waals surface area contributed by atoms with Crippen molar-refractivity contribution in [2.45, 2.75) is 32.2 Å². The van der Waals surface area contributed by atoms with Crippen LogP contribution < -0.4 is 0 Å². The Morgan fingerprint density at radius 2 is 1.84 bits per heavy atom. The van der Waals surface area contributed by atoms with Crippen molar-refractivity contribution in [3.05, 3.63) is 89.6 Å². The number of halogens is 3. The van der Waals surface area contributed by atoms with Gasteiger partial charge in [-0.05, 0) is 49.6 Å². The zero-order chi connectivity index (χ0) is 25.7. The number of rotatable bonds is 4. The summed E-state index contributed by atoms with van der Waals surface area (Å²) in [5, 5.41) is 0.712. The number of benzene rings is 3. The zero-order valence-corrected chi connectivity index (χ0v) is 20.2. The SMILES string of the molecule is Cc1cccc(-c2c[nH]c3cc(C(=O)N4CCC(c5nc6ccccc6n5C(F)F)CC4)c(F)cc23)c1. The standard InChI is InChI=1S/C29H25F3N4O/c1-17-5-4-6-19(13-17)22-16-33-25-15-21(23(30)14-20(22)25)28(37)35-11-9-18(10-12-35)27-34-24-7-2-3-8-26(24)36(27)29(31)32/h2-8,13-16,18,29,33H,9-12H2,1H3. The van der Waals surface area contributed by atoms with E-state index in [2.05, 4.69) is 9.97 Å². The lowest BCUT2D eigenvalue weighted by molar-refractivity contribution is 0.0632. The maximum Gasteiger partial charge on any atom is 0.320 e. The van der Waals surface area contributed by atoms with Crippen LogP contribution in [0.2, 0.25) is 0 Å². The number of amides is 1. The number of fused-ring (bicyclic) bond motifs is 2. The predicted molar refractivity (Wildman–Crippen MR) is 137 cm³/mol. The number of aromatic amines is 1. The second-order valence-electron chi connectivity index (χ2n) is 9.62. The molecular formula is C29H25F3N4O. The number of carbonyl (C=O) groups is 1. The first-order valence-electron chi connectivity index (χ1n) is 12.3. The van der Waals surface area contributed by atoms with E-state index in [1.165, 1.54) is 6.07 Å². The molecule has 1 aliphatic rings. The van der Waals surface area contributed by atoms with Crippen molar-refractivity contribution in [3.8, 4) is 11.1 Å². The van der Waals surface area contributed by atoms with Gasteiger partial charge in [0.05, 0.1) is 16.6 Å². The quantitative estimate of drug-likeness (QED) is 0.286. The van der Waals surface area contributed by atoms with Gasteiger partial charge in [-0.1, -0.05) is 42.0 Å². The topological polar surface area (TPSA) is 53.9 Å². The summed E-state index contributed by atoms with van der Waals surface area (Å²) < 4.78 is 44.0. The van der Waals surface area contributed by atoms with Crippen molar-refractivity contribution in [2.75, 3.05) is 13.1 Å². The van der Waals surface area contributed by atoms with Crippen molar-refractivity contribution >= 4 is 27.8 Å². The number of hydrogen-bond donors (Lipinski definition) is 1. The van der Waals surface area contributed by atoms with E-state index in [9.17, 15) is 13.6 Å². The molecule has 0 aliphatic carbocycles. The molecule has 0 saturated carbocycles. The van der Waals surface area contributed by atoms with Crippen LogP contribution in [-0.2, 0) is 0 Å². The van der Waals surface area contributed by atoms with E-state index in [-0.39, 0.29) is 11.5 Å². The molecular weight excluding hydrogens is 477 g/mol. The van der Waals surface area contributed by atoms with Crippen LogP contribution in [0.3, 0.4) is 0 Å². The Morgan fingerprint density at radius 1 is 1.05 bits per heavy atom. The minimum atomic E-state index is -2.70. The molecule has 5 nitrogen and oxygen atoms in total. The highest BCUT2D eigenvalue weighted by atomic mass is 19.3. The van der Waals surface area contributed by atoms with Crippen molar-refractivity contribution in [3.63, 3.8) is 0 Å². The Kier molecular flexibility index (Phi) is 5.74. The van der Waals surface area contributed by atoms with Crippen LogP contribution in [0.5, 0.6) is 0 Å². The maximum absolute atomic E-state index is 15.2. The van der Waals surface area contributed by atoms with E-state index in [0.29, 0.717) is 53.7 Å². The number of imidazole rings is 1. The van der Waals surface area contributed by atoms with Gasteiger partial charge in [-0.25, -0.2) is 9.37 Å². The van der Waals surface area contributed by atoms with Crippen molar-refractivity contribution in [1.29, 1.82) is 0 Å². The number of aryl methyl sites for hydroxylation is 1. The number of aromatic nitrogens is 3. The molecule has 3 aromatic carbocycles. The van der Waals surface area contributed by atoms with Gasteiger partial charge >= 0.3 is 6.55 Å². The highest BCUT2D eigenvalue weighted by Gasteiger charge is 2.31. The molecule has 6 rings (SSSR count).